The Morgan fingerprint density at radius 3 is 2.00 bits per heavy atom. The van der Waals surface area contributed by atoms with Crippen molar-refractivity contribution in [1.29, 1.82) is 0 Å². The van der Waals surface area contributed by atoms with Crippen molar-refractivity contribution in [2.24, 2.45) is 10.8 Å². The highest BCUT2D eigenvalue weighted by Gasteiger charge is 2.65. The molecule has 0 aromatic heterocycles. The summed E-state index contributed by atoms with van der Waals surface area (Å²) in [4.78, 5) is 11.1. The van der Waals surface area contributed by atoms with Crippen LogP contribution in [0.25, 0.3) is 0 Å². The van der Waals surface area contributed by atoms with E-state index in [1.165, 1.54) is 0 Å². The van der Waals surface area contributed by atoms with E-state index in [2.05, 4.69) is 45.6 Å². The first-order valence-corrected chi connectivity index (χ1v) is 4.87. The normalized spacial score (nSPS) is 25.1. The summed E-state index contributed by atoms with van der Waals surface area (Å²) in [6.45, 7) is 8.71. The average Bonchev–Trinajstić information content (AvgIpc) is 2.32. The van der Waals surface area contributed by atoms with Crippen LogP contribution in [0.2, 0.25) is 0 Å². The monoisotopic (exact) mass is 187 g/mol. The van der Waals surface area contributed by atoms with Crippen LogP contribution in [0.5, 0.6) is 0 Å². The second-order valence-electron chi connectivity index (χ2n) is 4.60. The first-order valence-electron chi connectivity index (χ1n) is 4.24. The molecular weight excluding hydrogens is 170 g/mol. The maximum atomic E-state index is 11.1. The van der Waals surface area contributed by atoms with Gasteiger partial charge in [-0.2, -0.15) is 12.6 Å². The summed E-state index contributed by atoms with van der Waals surface area (Å²) in [7, 11) is 0. The zero-order valence-corrected chi connectivity index (χ0v) is 9.03. The van der Waals surface area contributed by atoms with E-state index in [4.69, 9.17) is 0 Å². The minimum absolute atomic E-state index is 0.0296. The fourth-order valence-corrected chi connectivity index (χ4v) is 1.86. The smallest absolute Gasteiger partial charge is 0.229 e. The number of carbonyl (C=O) groups excluding carboxylic acids is 1. The van der Waals surface area contributed by atoms with Gasteiger partial charge in [-0.05, 0) is 10.8 Å². The summed E-state index contributed by atoms with van der Waals surface area (Å²) in [5.74, 6) is 0.310. The highest BCUT2D eigenvalue weighted by Crippen LogP contribution is 2.62. The fourth-order valence-electron chi connectivity index (χ4n) is 1.76. The lowest BCUT2D eigenvalue weighted by molar-refractivity contribution is -0.118. The van der Waals surface area contributed by atoms with Gasteiger partial charge < -0.3 is 5.32 Å². The van der Waals surface area contributed by atoms with E-state index in [-0.39, 0.29) is 22.5 Å². The van der Waals surface area contributed by atoms with Crippen LogP contribution in [0.1, 0.15) is 27.7 Å². The van der Waals surface area contributed by atoms with E-state index < -0.39 is 0 Å². The molecule has 0 saturated heterocycles. The van der Waals surface area contributed by atoms with Crippen LogP contribution in [0, 0.1) is 10.8 Å². The van der Waals surface area contributed by atoms with Gasteiger partial charge in [0, 0.05) is 6.04 Å². The van der Waals surface area contributed by atoms with Crippen molar-refractivity contribution in [3.8, 4) is 0 Å². The zero-order valence-electron chi connectivity index (χ0n) is 8.14. The van der Waals surface area contributed by atoms with Crippen LogP contribution in [0.3, 0.4) is 0 Å². The van der Waals surface area contributed by atoms with Gasteiger partial charge in [-0.3, -0.25) is 4.79 Å². The van der Waals surface area contributed by atoms with Crippen molar-refractivity contribution >= 4 is 18.5 Å². The molecular formula is C9H17NOS. The molecule has 0 aromatic carbocycles. The van der Waals surface area contributed by atoms with Gasteiger partial charge in [0.25, 0.3) is 0 Å². The molecule has 1 rings (SSSR count). The van der Waals surface area contributed by atoms with Crippen molar-refractivity contribution < 1.29 is 4.79 Å². The zero-order chi connectivity index (χ0) is 9.57. The van der Waals surface area contributed by atoms with Crippen LogP contribution in [-0.4, -0.2) is 17.7 Å². The van der Waals surface area contributed by atoms with E-state index in [1.54, 1.807) is 0 Å². The number of hydrogen-bond acceptors (Lipinski definition) is 2. The largest absolute Gasteiger partial charge is 0.352 e. The molecule has 0 radical (unpaired) electrons. The Hall–Kier alpha value is -0.180. The van der Waals surface area contributed by atoms with Crippen molar-refractivity contribution in [1.82, 2.24) is 5.32 Å². The Labute approximate surface area is 79.5 Å². The summed E-state index contributed by atoms with van der Waals surface area (Å²) in [6, 6.07) is 0.310. The molecule has 1 fully saturated rings. The molecule has 1 N–H and O–H groups in total. The molecule has 0 aliphatic heterocycles. The molecule has 12 heavy (non-hydrogen) atoms. The third-order valence-electron chi connectivity index (χ3n) is 3.47. The van der Waals surface area contributed by atoms with Gasteiger partial charge in [0.05, 0.1) is 5.75 Å². The lowest BCUT2D eigenvalue weighted by Crippen LogP contribution is -2.30. The van der Waals surface area contributed by atoms with Gasteiger partial charge in [0.2, 0.25) is 5.91 Å². The topological polar surface area (TPSA) is 29.1 Å². The van der Waals surface area contributed by atoms with Crippen LogP contribution < -0.4 is 5.32 Å². The van der Waals surface area contributed by atoms with E-state index >= 15 is 0 Å². The average molecular weight is 187 g/mol. The molecule has 0 unspecified atom stereocenters. The predicted molar refractivity (Wildman–Crippen MR) is 53.3 cm³/mol. The van der Waals surface area contributed by atoms with Gasteiger partial charge in [-0.15, -0.1) is 0 Å². The molecule has 1 saturated carbocycles. The number of amides is 1. The van der Waals surface area contributed by atoms with Crippen molar-refractivity contribution in [2.45, 2.75) is 33.7 Å². The first kappa shape index (κ1) is 9.90. The van der Waals surface area contributed by atoms with Crippen LogP contribution in [-0.2, 0) is 4.79 Å². The van der Waals surface area contributed by atoms with Gasteiger partial charge in [-0.25, -0.2) is 0 Å². The molecule has 0 atom stereocenters. The second-order valence-corrected chi connectivity index (χ2v) is 4.92. The van der Waals surface area contributed by atoms with Gasteiger partial charge in [0.15, 0.2) is 0 Å². The summed E-state index contributed by atoms with van der Waals surface area (Å²) in [5, 5.41) is 2.97. The third kappa shape index (κ3) is 1.24. The highest BCUT2D eigenvalue weighted by molar-refractivity contribution is 7.81. The molecule has 70 valence electrons. The lowest BCUT2D eigenvalue weighted by atomic mass is 10.0. The van der Waals surface area contributed by atoms with Crippen LogP contribution in [0.15, 0.2) is 0 Å². The molecule has 3 heteroatoms. The first-order chi connectivity index (χ1) is 5.34. The maximum absolute atomic E-state index is 11.1. The van der Waals surface area contributed by atoms with E-state index in [0.717, 1.165) is 0 Å². The molecule has 2 nitrogen and oxygen atoms in total. The second kappa shape index (κ2) is 2.66. The summed E-state index contributed by atoms with van der Waals surface area (Å²) in [6.07, 6.45) is 0. The number of thiol groups is 1. The predicted octanol–water partition coefficient (Wildman–Crippen LogP) is 1.47. The van der Waals surface area contributed by atoms with Gasteiger partial charge in [0.1, 0.15) is 0 Å². The Bertz CT molecular complexity index is 197. The summed E-state index contributed by atoms with van der Waals surface area (Å²) >= 11 is 3.92. The molecule has 0 bridgehead atoms. The number of nitrogens with one attached hydrogen (secondary N) is 1. The van der Waals surface area contributed by atoms with Gasteiger partial charge >= 0.3 is 0 Å². The van der Waals surface area contributed by atoms with Gasteiger partial charge in [-0.1, -0.05) is 27.7 Å². The molecule has 0 aromatic rings. The quantitative estimate of drug-likeness (QED) is 0.630. The van der Waals surface area contributed by atoms with E-state index in [9.17, 15) is 4.79 Å². The Balaban J connectivity index is 2.54. The van der Waals surface area contributed by atoms with Crippen molar-refractivity contribution in [3.05, 3.63) is 0 Å². The van der Waals surface area contributed by atoms with Crippen molar-refractivity contribution in [3.63, 3.8) is 0 Å². The maximum Gasteiger partial charge on any atom is 0.229 e. The Morgan fingerprint density at radius 1 is 1.33 bits per heavy atom. The molecule has 1 aliphatic carbocycles. The summed E-state index contributed by atoms with van der Waals surface area (Å²) in [5.41, 5.74) is 0.456. The Kier molecular flexibility index (Phi) is 2.19. The van der Waals surface area contributed by atoms with Crippen molar-refractivity contribution in [2.75, 3.05) is 5.75 Å². The molecule has 1 amide bonds. The molecule has 0 spiro atoms. The SMILES string of the molecule is CC1(C)C(NC(=O)CS)C1(C)C. The van der Waals surface area contributed by atoms with Crippen LogP contribution >= 0.6 is 12.6 Å². The number of hydrogen-bond donors (Lipinski definition) is 2. The standard InChI is InChI=1S/C9H17NOS/c1-8(2)7(9(8,3)4)10-6(11)5-12/h7,12H,5H2,1-4H3,(H,10,11). The Morgan fingerprint density at radius 2 is 1.75 bits per heavy atom. The molecule has 1 aliphatic rings. The minimum Gasteiger partial charge on any atom is -0.352 e. The number of carbonyl (C=O) groups is 1. The molecule has 0 heterocycles. The number of rotatable bonds is 2. The highest BCUT2D eigenvalue weighted by atomic mass is 32.1. The van der Waals surface area contributed by atoms with E-state index in [1.807, 2.05) is 0 Å². The van der Waals surface area contributed by atoms with E-state index in [0.29, 0.717) is 6.04 Å². The fraction of sp³-hybridized carbons (Fsp3) is 0.889. The minimum atomic E-state index is 0.0296. The third-order valence-corrected chi connectivity index (χ3v) is 3.76. The summed E-state index contributed by atoms with van der Waals surface area (Å²) < 4.78 is 0. The lowest BCUT2D eigenvalue weighted by Gasteiger charge is -2.03. The van der Waals surface area contributed by atoms with Crippen LogP contribution in [0.4, 0.5) is 0 Å².